The normalized spacial score (nSPS) is 11.9. The summed E-state index contributed by atoms with van der Waals surface area (Å²) < 4.78 is 0. The lowest BCUT2D eigenvalue weighted by Crippen LogP contribution is -2.22. The molecule has 2 rings (SSSR count). The number of anilines is 1. The number of amides is 1. The van der Waals surface area contributed by atoms with Crippen molar-refractivity contribution in [1.82, 2.24) is 4.98 Å². The van der Waals surface area contributed by atoms with Crippen LogP contribution in [0.5, 0.6) is 0 Å². The number of carbonyl (C=O) groups is 1. The van der Waals surface area contributed by atoms with Crippen LogP contribution in [0.1, 0.15) is 49.1 Å². The van der Waals surface area contributed by atoms with E-state index in [4.69, 9.17) is 0 Å². The third kappa shape index (κ3) is 5.07. The average Bonchev–Trinajstić information content (AvgIpc) is 2.53. The van der Waals surface area contributed by atoms with E-state index >= 15 is 0 Å². The van der Waals surface area contributed by atoms with Gasteiger partial charge in [-0.1, -0.05) is 31.7 Å². The SMILES string of the molecule is Cc1cc(C)cc(NC(=O)C(C)Sc2nc(C(C)C)ccc2C#N)c1. The lowest BCUT2D eigenvalue weighted by molar-refractivity contribution is -0.115. The highest BCUT2D eigenvalue weighted by Crippen LogP contribution is 2.27. The second-order valence-electron chi connectivity index (χ2n) is 6.48. The Morgan fingerprint density at radius 2 is 1.80 bits per heavy atom. The van der Waals surface area contributed by atoms with Crippen LogP contribution < -0.4 is 5.32 Å². The van der Waals surface area contributed by atoms with Crippen molar-refractivity contribution < 1.29 is 4.79 Å². The monoisotopic (exact) mass is 353 g/mol. The Bertz CT molecular complexity index is 804. The highest BCUT2D eigenvalue weighted by atomic mass is 32.2. The number of aryl methyl sites for hydroxylation is 2. The Morgan fingerprint density at radius 3 is 2.36 bits per heavy atom. The first-order valence-corrected chi connectivity index (χ1v) is 9.15. The molecule has 0 spiro atoms. The fourth-order valence-electron chi connectivity index (χ4n) is 2.46. The minimum atomic E-state index is -0.358. The molecule has 0 saturated carbocycles. The lowest BCUT2D eigenvalue weighted by atomic mass is 10.1. The van der Waals surface area contributed by atoms with E-state index in [9.17, 15) is 10.1 Å². The Morgan fingerprint density at radius 1 is 1.16 bits per heavy atom. The smallest absolute Gasteiger partial charge is 0.237 e. The van der Waals surface area contributed by atoms with E-state index in [0.29, 0.717) is 10.6 Å². The van der Waals surface area contributed by atoms with Crippen molar-refractivity contribution in [2.45, 2.75) is 50.8 Å². The van der Waals surface area contributed by atoms with Crippen LogP contribution in [0.3, 0.4) is 0 Å². The summed E-state index contributed by atoms with van der Waals surface area (Å²) in [6, 6.07) is 11.8. The van der Waals surface area contributed by atoms with Gasteiger partial charge in [-0.25, -0.2) is 4.98 Å². The molecule has 2 aromatic rings. The van der Waals surface area contributed by atoms with Gasteiger partial charge in [0.05, 0.1) is 10.8 Å². The fourth-order valence-corrected chi connectivity index (χ4v) is 3.36. The first-order chi connectivity index (χ1) is 11.8. The molecule has 5 heteroatoms. The Balaban J connectivity index is 2.15. The van der Waals surface area contributed by atoms with E-state index in [1.165, 1.54) is 11.8 Å². The molecular formula is C20H23N3OS. The number of nitriles is 1. The minimum absolute atomic E-state index is 0.101. The number of thioether (sulfide) groups is 1. The van der Waals surface area contributed by atoms with Crippen LogP contribution in [0.4, 0.5) is 5.69 Å². The van der Waals surface area contributed by atoms with Gasteiger partial charge in [0.1, 0.15) is 11.1 Å². The van der Waals surface area contributed by atoms with Crippen LogP contribution in [-0.2, 0) is 4.79 Å². The summed E-state index contributed by atoms with van der Waals surface area (Å²) in [5.74, 6) is 0.169. The fraction of sp³-hybridized carbons (Fsp3) is 0.350. The van der Waals surface area contributed by atoms with Gasteiger partial charge in [0.2, 0.25) is 5.91 Å². The quantitative estimate of drug-likeness (QED) is 0.783. The van der Waals surface area contributed by atoms with Crippen molar-refractivity contribution in [1.29, 1.82) is 5.26 Å². The molecular weight excluding hydrogens is 330 g/mol. The summed E-state index contributed by atoms with van der Waals surface area (Å²) in [5.41, 5.74) is 4.42. The van der Waals surface area contributed by atoms with Gasteiger partial charge < -0.3 is 5.32 Å². The number of hydrogen-bond donors (Lipinski definition) is 1. The molecule has 1 unspecified atom stereocenters. The predicted octanol–water partition coefficient (Wildman–Crippen LogP) is 4.81. The topological polar surface area (TPSA) is 65.8 Å². The molecule has 1 aromatic carbocycles. The van der Waals surface area contributed by atoms with Crippen molar-refractivity contribution in [2.75, 3.05) is 5.32 Å². The van der Waals surface area contributed by atoms with Crippen LogP contribution in [0.25, 0.3) is 0 Å². The number of pyridine rings is 1. The van der Waals surface area contributed by atoms with Crippen molar-refractivity contribution >= 4 is 23.4 Å². The summed E-state index contributed by atoms with van der Waals surface area (Å²) in [6.07, 6.45) is 0. The van der Waals surface area contributed by atoms with E-state index in [1.54, 1.807) is 6.07 Å². The Labute approximate surface area is 153 Å². The Kier molecular flexibility index (Phi) is 6.22. The zero-order chi connectivity index (χ0) is 18.6. The van der Waals surface area contributed by atoms with Crippen LogP contribution in [-0.4, -0.2) is 16.1 Å². The third-order valence-corrected chi connectivity index (χ3v) is 4.84. The van der Waals surface area contributed by atoms with Crippen molar-refractivity contribution in [2.24, 2.45) is 0 Å². The van der Waals surface area contributed by atoms with Crippen LogP contribution >= 0.6 is 11.8 Å². The maximum absolute atomic E-state index is 12.5. The van der Waals surface area contributed by atoms with Crippen molar-refractivity contribution in [3.8, 4) is 6.07 Å². The molecule has 1 heterocycles. The molecule has 0 aliphatic carbocycles. The summed E-state index contributed by atoms with van der Waals surface area (Å²) in [5, 5.41) is 12.5. The lowest BCUT2D eigenvalue weighted by Gasteiger charge is -2.14. The molecule has 1 atom stereocenters. The number of benzene rings is 1. The standard InChI is InChI=1S/C20H23N3OS/c1-12(2)18-7-6-16(11-21)20(23-18)25-15(5)19(24)22-17-9-13(3)8-14(4)10-17/h6-10,12,15H,1-5H3,(H,22,24). The molecule has 0 aliphatic rings. The van der Waals surface area contributed by atoms with Crippen LogP contribution in [0.2, 0.25) is 0 Å². The number of nitrogens with zero attached hydrogens (tertiary/aromatic N) is 2. The molecule has 1 amide bonds. The number of nitrogens with one attached hydrogen (secondary N) is 1. The van der Waals surface area contributed by atoms with E-state index in [-0.39, 0.29) is 17.1 Å². The third-order valence-electron chi connectivity index (χ3n) is 3.74. The summed E-state index contributed by atoms with van der Waals surface area (Å²) in [4.78, 5) is 17.1. The molecule has 130 valence electrons. The second kappa shape index (κ2) is 8.17. The van der Waals surface area contributed by atoms with Gasteiger partial charge in [-0.3, -0.25) is 4.79 Å². The zero-order valence-electron chi connectivity index (χ0n) is 15.3. The van der Waals surface area contributed by atoms with Gasteiger partial charge in [0.25, 0.3) is 0 Å². The molecule has 0 bridgehead atoms. The van der Waals surface area contributed by atoms with Crippen molar-refractivity contribution in [3.63, 3.8) is 0 Å². The molecule has 0 aliphatic heterocycles. The van der Waals surface area contributed by atoms with Gasteiger partial charge in [-0.15, -0.1) is 0 Å². The van der Waals surface area contributed by atoms with Gasteiger partial charge >= 0.3 is 0 Å². The first kappa shape index (κ1) is 19.0. The average molecular weight is 353 g/mol. The Hall–Kier alpha value is -2.32. The number of rotatable bonds is 5. The summed E-state index contributed by atoms with van der Waals surface area (Å²) >= 11 is 1.32. The van der Waals surface area contributed by atoms with Crippen LogP contribution in [0.15, 0.2) is 35.4 Å². The molecule has 1 N–H and O–H groups in total. The number of hydrogen-bond acceptors (Lipinski definition) is 4. The van der Waals surface area contributed by atoms with E-state index in [1.807, 2.05) is 39.0 Å². The second-order valence-corrected chi connectivity index (χ2v) is 7.81. The summed E-state index contributed by atoms with van der Waals surface area (Å²) in [7, 11) is 0. The highest BCUT2D eigenvalue weighted by molar-refractivity contribution is 8.00. The molecule has 1 aromatic heterocycles. The minimum Gasteiger partial charge on any atom is -0.325 e. The first-order valence-electron chi connectivity index (χ1n) is 8.27. The van der Waals surface area contributed by atoms with E-state index in [2.05, 4.69) is 36.3 Å². The van der Waals surface area contributed by atoms with Crippen molar-refractivity contribution in [3.05, 3.63) is 52.7 Å². The maximum atomic E-state index is 12.5. The molecule has 0 fully saturated rings. The van der Waals surface area contributed by atoms with E-state index in [0.717, 1.165) is 22.5 Å². The van der Waals surface area contributed by atoms with E-state index < -0.39 is 0 Å². The van der Waals surface area contributed by atoms with Crippen LogP contribution in [0, 0.1) is 25.2 Å². The van der Waals surface area contributed by atoms with Gasteiger partial charge in [-0.05, 0) is 62.1 Å². The largest absolute Gasteiger partial charge is 0.325 e. The number of carbonyl (C=O) groups excluding carboxylic acids is 1. The zero-order valence-corrected chi connectivity index (χ0v) is 16.1. The maximum Gasteiger partial charge on any atom is 0.237 e. The van der Waals surface area contributed by atoms with Gasteiger partial charge in [0, 0.05) is 11.4 Å². The number of aromatic nitrogens is 1. The summed E-state index contributed by atoms with van der Waals surface area (Å²) in [6.45, 7) is 9.94. The molecule has 0 saturated heterocycles. The molecule has 0 radical (unpaired) electrons. The molecule has 25 heavy (non-hydrogen) atoms. The highest BCUT2D eigenvalue weighted by Gasteiger charge is 2.18. The van der Waals surface area contributed by atoms with Gasteiger partial charge in [0.15, 0.2) is 0 Å². The molecule has 4 nitrogen and oxygen atoms in total. The predicted molar refractivity (Wildman–Crippen MR) is 103 cm³/mol. The van der Waals surface area contributed by atoms with Gasteiger partial charge in [-0.2, -0.15) is 5.26 Å².